The predicted molar refractivity (Wildman–Crippen MR) is 134 cm³/mol. The molecule has 0 radical (unpaired) electrons. The Morgan fingerprint density at radius 2 is 1.97 bits per heavy atom. The van der Waals surface area contributed by atoms with Crippen molar-refractivity contribution < 1.29 is 9.63 Å². The number of fused-ring (bicyclic) bond motifs is 1. The summed E-state index contributed by atoms with van der Waals surface area (Å²) in [7, 11) is 0. The van der Waals surface area contributed by atoms with Gasteiger partial charge in [0.15, 0.2) is 23.5 Å². The van der Waals surface area contributed by atoms with E-state index in [0.29, 0.717) is 29.3 Å². The number of imidazole rings is 1. The molecule has 4 aliphatic rings. The van der Waals surface area contributed by atoms with Gasteiger partial charge in [0.1, 0.15) is 11.3 Å². The summed E-state index contributed by atoms with van der Waals surface area (Å²) in [4.78, 5) is 31.4. The van der Waals surface area contributed by atoms with Crippen LogP contribution in [0, 0.1) is 17.8 Å². The summed E-state index contributed by atoms with van der Waals surface area (Å²) in [6.07, 6.45) is 13.5. The van der Waals surface area contributed by atoms with Gasteiger partial charge >= 0.3 is 6.09 Å². The second-order valence-electron chi connectivity index (χ2n) is 11.1. The third-order valence-electron chi connectivity index (χ3n) is 8.54. The zero-order valence-electron chi connectivity index (χ0n) is 20.8. The third-order valence-corrected chi connectivity index (χ3v) is 8.54. The highest BCUT2D eigenvalue weighted by Gasteiger charge is 2.32. The zero-order chi connectivity index (χ0) is 23.9. The van der Waals surface area contributed by atoms with E-state index in [1.165, 1.54) is 56.9 Å². The Bertz CT molecular complexity index is 1130. The molecule has 9 heteroatoms. The largest absolute Gasteiger partial charge is 0.427 e. The van der Waals surface area contributed by atoms with Crippen LogP contribution in [0.3, 0.4) is 0 Å². The van der Waals surface area contributed by atoms with E-state index in [9.17, 15) is 4.79 Å². The Kier molecular flexibility index (Phi) is 6.12. The molecule has 188 valence electrons. The number of allylic oxidation sites excluding steroid dienone is 2. The SMILES string of the molecule is CC1CCC(Cn2c(C3=CCCC3)nc3nc(C4NOC(=O)N4)nc(N[C@H](C)C4CCC4)c32)CC1. The van der Waals surface area contributed by atoms with Gasteiger partial charge in [-0.05, 0) is 75.2 Å². The summed E-state index contributed by atoms with van der Waals surface area (Å²) in [5.41, 5.74) is 5.70. The molecule has 35 heavy (non-hydrogen) atoms. The lowest BCUT2D eigenvalue weighted by atomic mass is 9.80. The van der Waals surface area contributed by atoms with E-state index >= 15 is 0 Å². The fourth-order valence-corrected chi connectivity index (χ4v) is 6.03. The Balaban J connectivity index is 1.44. The van der Waals surface area contributed by atoms with Crippen molar-refractivity contribution in [2.24, 2.45) is 17.8 Å². The first-order chi connectivity index (χ1) is 17.0. The minimum atomic E-state index is -0.592. The first-order valence-electron chi connectivity index (χ1n) is 13.5. The van der Waals surface area contributed by atoms with Gasteiger partial charge in [0.25, 0.3) is 0 Å². The molecule has 2 saturated carbocycles. The monoisotopic (exact) mass is 479 g/mol. The van der Waals surface area contributed by atoms with Crippen LogP contribution in [0.2, 0.25) is 0 Å². The lowest BCUT2D eigenvalue weighted by molar-refractivity contribution is 0.120. The molecule has 2 atom stereocenters. The highest BCUT2D eigenvalue weighted by atomic mass is 16.7. The van der Waals surface area contributed by atoms with Crippen molar-refractivity contribution in [2.45, 2.75) is 96.8 Å². The van der Waals surface area contributed by atoms with Gasteiger partial charge in [-0.15, -0.1) is 5.48 Å². The number of nitrogens with zero attached hydrogens (tertiary/aromatic N) is 4. The van der Waals surface area contributed by atoms with E-state index in [1.54, 1.807) is 0 Å². The number of carbonyl (C=O) groups is 1. The van der Waals surface area contributed by atoms with Crippen molar-refractivity contribution in [3.05, 3.63) is 17.7 Å². The molecule has 3 aliphatic carbocycles. The molecule has 1 unspecified atom stereocenters. The molecule has 1 saturated heterocycles. The summed E-state index contributed by atoms with van der Waals surface area (Å²) >= 11 is 0. The van der Waals surface area contributed by atoms with Crippen LogP contribution in [0.15, 0.2) is 6.08 Å². The number of anilines is 1. The van der Waals surface area contributed by atoms with Crippen LogP contribution in [0.1, 0.15) is 95.9 Å². The Hall–Kier alpha value is -2.68. The number of rotatable bonds is 7. The molecule has 0 aromatic carbocycles. The van der Waals surface area contributed by atoms with Crippen LogP contribution >= 0.6 is 0 Å². The van der Waals surface area contributed by atoms with Gasteiger partial charge in [0, 0.05) is 12.6 Å². The molecule has 2 aromatic rings. The highest BCUT2D eigenvalue weighted by molar-refractivity contribution is 5.87. The fourth-order valence-electron chi connectivity index (χ4n) is 6.03. The van der Waals surface area contributed by atoms with Crippen LogP contribution in [-0.4, -0.2) is 31.7 Å². The number of hydrogen-bond acceptors (Lipinski definition) is 7. The maximum absolute atomic E-state index is 11.7. The predicted octanol–water partition coefficient (Wildman–Crippen LogP) is 5.06. The van der Waals surface area contributed by atoms with E-state index in [2.05, 4.69) is 40.6 Å². The summed E-state index contributed by atoms with van der Waals surface area (Å²) in [5, 5.41) is 6.47. The van der Waals surface area contributed by atoms with Gasteiger partial charge in [0.05, 0.1) is 0 Å². The molecule has 3 fully saturated rings. The molecular weight excluding hydrogens is 442 g/mol. The quantitative estimate of drug-likeness (QED) is 0.509. The Morgan fingerprint density at radius 3 is 2.63 bits per heavy atom. The van der Waals surface area contributed by atoms with Crippen LogP contribution in [0.4, 0.5) is 10.6 Å². The number of hydrogen-bond donors (Lipinski definition) is 3. The number of carbonyl (C=O) groups excluding carboxylic acids is 1. The zero-order valence-corrected chi connectivity index (χ0v) is 20.8. The Labute approximate surface area is 206 Å². The molecule has 1 aliphatic heterocycles. The van der Waals surface area contributed by atoms with E-state index in [-0.39, 0.29) is 0 Å². The molecule has 6 rings (SSSR count). The summed E-state index contributed by atoms with van der Waals surface area (Å²) in [5.74, 6) is 4.45. The molecule has 1 amide bonds. The van der Waals surface area contributed by atoms with E-state index in [4.69, 9.17) is 19.8 Å². The maximum atomic E-state index is 11.7. The smallest absolute Gasteiger partial charge is 0.365 e. The normalized spacial score (nSPS) is 27.9. The second kappa shape index (κ2) is 9.41. The van der Waals surface area contributed by atoms with Crippen molar-refractivity contribution in [3.8, 4) is 0 Å². The van der Waals surface area contributed by atoms with E-state index in [0.717, 1.165) is 42.5 Å². The van der Waals surface area contributed by atoms with Gasteiger partial charge < -0.3 is 14.7 Å². The number of amides is 1. The average molecular weight is 480 g/mol. The van der Waals surface area contributed by atoms with Gasteiger partial charge in [-0.25, -0.2) is 19.7 Å². The van der Waals surface area contributed by atoms with Gasteiger partial charge in [0.2, 0.25) is 0 Å². The van der Waals surface area contributed by atoms with Crippen molar-refractivity contribution in [3.63, 3.8) is 0 Å². The topological polar surface area (TPSA) is 106 Å². The summed E-state index contributed by atoms with van der Waals surface area (Å²) in [6, 6.07) is 0.310. The number of aromatic nitrogens is 4. The van der Waals surface area contributed by atoms with Crippen LogP contribution in [0.25, 0.3) is 16.7 Å². The average Bonchev–Trinajstić information content (AvgIpc) is 3.54. The lowest BCUT2D eigenvalue weighted by Gasteiger charge is -2.32. The molecule has 0 spiro atoms. The molecular formula is C26H37N7O2. The first-order valence-corrected chi connectivity index (χ1v) is 13.5. The molecule has 0 bridgehead atoms. The van der Waals surface area contributed by atoms with Crippen molar-refractivity contribution in [1.29, 1.82) is 0 Å². The molecule has 2 aromatic heterocycles. The third kappa shape index (κ3) is 4.50. The molecule has 3 N–H and O–H groups in total. The van der Waals surface area contributed by atoms with Crippen molar-refractivity contribution >= 4 is 28.6 Å². The lowest BCUT2D eigenvalue weighted by Crippen LogP contribution is -2.32. The minimum absolute atomic E-state index is 0.310. The van der Waals surface area contributed by atoms with Gasteiger partial charge in [-0.3, -0.25) is 5.32 Å². The minimum Gasteiger partial charge on any atom is -0.365 e. The molecule has 3 heterocycles. The standard InChI is InChI=1S/C26H37N7O2/c1-15-10-12-17(13-11-15)14-33-20-21(27-16(2)18-8-5-9-18)28-23(24-31-26(34)35-32-24)29-22(20)30-25(33)19-6-3-4-7-19/h6,15-18,24,32H,3-5,7-14H2,1-2H3,(H,31,34)(H,27,28,29)/t15?,16-,17?,24?/m1/s1. The van der Waals surface area contributed by atoms with E-state index < -0.39 is 12.3 Å². The highest BCUT2D eigenvalue weighted by Crippen LogP contribution is 2.37. The van der Waals surface area contributed by atoms with Gasteiger partial charge in [-0.2, -0.15) is 0 Å². The Morgan fingerprint density at radius 1 is 1.14 bits per heavy atom. The van der Waals surface area contributed by atoms with Crippen molar-refractivity contribution in [1.82, 2.24) is 30.3 Å². The van der Waals surface area contributed by atoms with Crippen molar-refractivity contribution in [2.75, 3.05) is 5.32 Å². The van der Waals surface area contributed by atoms with E-state index in [1.807, 2.05) is 0 Å². The van der Waals surface area contributed by atoms with Gasteiger partial charge in [-0.1, -0.05) is 32.3 Å². The second-order valence-corrected chi connectivity index (χ2v) is 11.1. The fraction of sp³-hybridized carbons (Fsp3) is 0.692. The van der Waals surface area contributed by atoms with Crippen LogP contribution in [-0.2, 0) is 11.4 Å². The first kappa shape index (κ1) is 22.8. The maximum Gasteiger partial charge on any atom is 0.427 e. The number of hydroxylamine groups is 1. The van der Waals surface area contributed by atoms with Crippen LogP contribution < -0.4 is 16.1 Å². The van der Waals surface area contributed by atoms with Crippen LogP contribution in [0.5, 0.6) is 0 Å². The number of nitrogens with one attached hydrogen (secondary N) is 3. The molecule has 9 nitrogen and oxygen atoms in total. The summed E-state index contributed by atoms with van der Waals surface area (Å²) in [6.45, 7) is 5.57. The summed E-state index contributed by atoms with van der Waals surface area (Å²) < 4.78 is 2.41.